The fourth-order valence-electron chi connectivity index (χ4n) is 0. The fraction of sp³-hybridized carbons (Fsp3) is 0. The van der Waals surface area contributed by atoms with Crippen LogP contribution >= 0.6 is 0 Å². The molecule has 0 aliphatic rings. The molecule has 0 aromatic rings. The molecule has 0 fully saturated rings. The van der Waals surface area contributed by atoms with Crippen LogP contribution in [0.4, 0.5) is 0 Å². The minimum absolute atomic E-state index is 0. The average molecular weight is 149 g/mol. The second-order valence-electron chi connectivity index (χ2n) is 0. The fourth-order valence-corrected chi connectivity index (χ4v) is 0. The third-order valence-electron chi connectivity index (χ3n) is 0. The van der Waals surface area contributed by atoms with Crippen molar-refractivity contribution in [2.24, 2.45) is 0 Å². The standard InChI is InChI=1S/Co.Mn.2H2O/h;;2*1H2/q;+1;;/p-1. The van der Waals surface area contributed by atoms with E-state index in [0.29, 0.717) is 0 Å². The summed E-state index contributed by atoms with van der Waals surface area (Å²) < 4.78 is 6.81. The summed E-state index contributed by atoms with van der Waals surface area (Å²) in [7, 11) is 0. The van der Waals surface area contributed by atoms with Crippen LogP contribution in [0.25, 0.3) is 0 Å². The van der Waals surface area contributed by atoms with Crippen LogP contribution in [-0.2, 0) is 33.1 Å². The van der Waals surface area contributed by atoms with E-state index in [1.807, 2.05) is 16.3 Å². The normalized spacial score (nSPS) is 1.50. The quantitative estimate of drug-likeness (QED) is 0.423. The van der Waals surface area contributed by atoms with Gasteiger partial charge in [0, 0.05) is 16.8 Å². The summed E-state index contributed by atoms with van der Waals surface area (Å²) in [5.41, 5.74) is 0. The molecule has 2 nitrogen and oxygen atoms in total. The summed E-state index contributed by atoms with van der Waals surface area (Å²) >= 11 is 1.94. The Morgan fingerprint density at radius 2 is 1.25 bits per heavy atom. The van der Waals surface area contributed by atoms with Gasteiger partial charge in [0.25, 0.3) is 0 Å². The molecule has 0 spiro atoms. The Labute approximate surface area is 43.2 Å². The molecule has 0 aromatic heterocycles. The summed E-state index contributed by atoms with van der Waals surface area (Å²) in [6, 6.07) is 0. The molecule has 0 aliphatic carbocycles. The van der Waals surface area contributed by atoms with E-state index in [1.54, 1.807) is 0 Å². The maximum atomic E-state index is 6.81. The Kier molecular flexibility index (Phi) is 195. The van der Waals surface area contributed by atoms with E-state index in [-0.39, 0.29) is 22.3 Å². The van der Waals surface area contributed by atoms with Gasteiger partial charge in [-0.15, -0.1) is 0 Å². The first-order valence-corrected chi connectivity index (χ1v) is 0.697. The molecule has 0 saturated heterocycles. The molecule has 0 saturated carbocycles. The molecule has 0 heterocycles. The van der Waals surface area contributed by atoms with E-state index < -0.39 is 0 Å². The second-order valence-corrected chi connectivity index (χ2v) is 0. The zero-order valence-corrected chi connectivity index (χ0v) is 3.88. The average Bonchev–Trinajstić information content (AvgIpc) is 1.00. The molecule has 0 atom stereocenters. The third kappa shape index (κ3) is 12.5. The number of rotatable bonds is 0. The SMILES string of the molecule is O.[Co].[OH][Mn]. The van der Waals surface area contributed by atoms with Gasteiger partial charge < -0.3 is 5.48 Å². The molecule has 1 radical (unpaired) electrons. The van der Waals surface area contributed by atoms with Crippen molar-refractivity contribution in [3.63, 3.8) is 0 Å². The van der Waals surface area contributed by atoms with Gasteiger partial charge in [0.15, 0.2) is 0 Å². The van der Waals surface area contributed by atoms with Gasteiger partial charge in [-0.2, -0.15) is 0 Å². The van der Waals surface area contributed by atoms with E-state index in [9.17, 15) is 0 Å². The molecule has 0 amide bonds. The zero-order chi connectivity index (χ0) is 2.00. The van der Waals surface area contributed by atoms with Gasteiger partial charge in [0.05, 0.1) is 0 Å². The van der Waals surface area contributed by atoms with Gasteiger partial charge in [-0.05, 0) is 0 Å². The maximum absolute atomic E-state index is 6.81. The summed E-state index contributed by atoms with van der Waals surface area (Å²) in [5.74, 6) is 0. The monoisotopic (exact) mass is 149 g/mol. The van der Waals surface area contributed by atoms with Crippen molar-refractivity contribution in [2.45, 2.75) is 0 Å². The van der Waals surface area contributed by atoms with Crippen molar-refractivity contribution in [3.8, 4) is 0 Å². The van der Waals surface area contributed by atoms with Crippen LogP contribution in [0.1, 0.15) is 0 Å². The van der Waals surface area contributed by atoms with Gasteiger partial charge in [0.1, 0.15) is 0 Å². The Balaban J connectivity index is -0.00000000500. The van der Waals surface area contributed by atoms with Crippen LogP contribution in [0.2, 0.25) is 0 Å². The van der Waals surface area contributed by atoms with Crippen LogP contribution in [0.5, 0.6) is 0 Å². The first kappa shape index (κ1) is 20.3. The van der Waals surface area contributed by atoms with E-state index in [2.05, 4.69) is 0 Å². The van der Waals surface area contributed by atoms with Crippen molar-refractivity contribution in [3.05, 3.63) is 0 Å². The predicted molar refractivity (Wildman–Crippen MR) is 5.83 cm³/mol. The molecule has 3 N–H and O–H groups in total. The Hall–Kier alpha value is 0.946. The Morgan fingerprint density at radius 1 is 1.25 bits per heavy atom. The predicted octanol–water partition coefficient (Wildman–Crippen LogP) is -1.39. The van der Waals surface area contributed by atoms with Gasteiger partial charge >= 0.3 is 20.5 Å². The third-order valence-corrected chi connectivity index (χ3v) is 0. The van der Waals surface area contributed by atoms with Crippen LogP contribution < -0.4 is 0 Å². The molecule has 0 rings (SSSR count). The van der Waals surface area contributed by atoms with Gasteiger partial charge in [-0.25, -0.2) is 0 Å². The van der Waals surface area contributed by atoms with E-state index >= 15 is 0 Å². The molecule has 0 unspecified atom stereocenters. The molecule has 4 heavy (non-hydrogen) atoms. The van der Waals surface area contributed by atoms with Gasteiger partial charge in [0.2, 0.25) is 0 Å². The van der Waals surface area contributed by atoms with Crippen LogP contribution in [0.15, 0.2) is 0 Å². The molecule has 0 bridgehead atoms. The first-order valence-electron chi connectivity index (χ1n) is 0.169. The van der Waals surface area contributed by atoms with Crippen LogP contribution in [-0.4, -0.2) is 9.67 Å². The van der Waals surface area contributed by atoms with Crippen LogP contribution in [0, 0.1) is 0 Å². The summed E-state index contributed by atoms with van der Waals surface area (Å²) in [6.07, 6.45) is 0. The molecule has 0 aromatic carbocycles. The second kappa shape index (κ2) is 38.3. The topological polar surface area (TPSA) is 51.7 Å². The molecular weight excluding hydrogens is 146 g/mol. The van der Waals surface area contributed by atoms with Crippen LogP contribution in [0.3, 0.4) is 0 Å². The van der Waals surface area contributed by atoms with Crippen molar-refractivity contribution in [2.75, 3.05) is 0 Å². The molecular formula is H3CoMnO2. The molecule has 31 valence electrons. The Bertz CT molecular complexity index is 6.00. The molecule has 4 heteroatoms. The number of hydrogen-bond donors (Lipinski definition) is 1. The number of hydrogen-bond acceptors (Lipinski definition) is 1. The van der Waals surface area contributed by atoms with Crippen molar-refractivity contribution in [1.29, 1.82) is 0 Å². The zero-order valence-electron chi connectivity index (χ0n) is 1.66. The Morgan fingerprint density at radius 3 is 1.25 bits per heavy atom. The van der Waals surface area contributed by atoms with Crippen molar-refractivity contribution >= 4 is 0 Å². The van der Waals surface area contributed by atoms with E-state index in [1.165, 1.54) is 0 Å². The summed E-state index contributed by atoms with van der Waals surface area (Å²) in [6.45, 7) is 0. The van der Waals surface area contributed by atoms with E-state index in [0.717, 1.165) is 0 Å². The minimum atomic E-state index is 0. The van der Waals surface area contributed by atoms with Gasteiger partial charge in [-0.3, -0.25) is 0 Å². The van der Waals surface area contributed by atoms with Crippen molar-refractivity contribution in [1.82, 2.24) is 0 Å². The first-order chi connectivity index (χ1) is 1.00. The van der Waals surface area contributed by atoms with Crippen molar-refractivity contribution < 1.29 is 42.8 Å². The van der Waals surface area contributed by atoms with E-state index in [4.69, 9.17) is 4.19 Å². The molecule has 0 aliphatic heterocycles. The summed E-state index contributed by atoms with van der Waals surface area (Å²) in [4.78, 5) is 0. The summed E-state index contributed by atoms with van der Waals surface area (Å²) in [5, 5.41) is 0. The van der Waals surface area contributed by atoms with Gasteiger partial charge in [-0.1, -0.05) is 0 Å².